The third-order valence-electron chi connectivity index (χ3n) is 5.07. The maximum absolute atomic E-state index is 13.0. The molecule has 33 heavy (non-hydrogen) atoms. The van der Waals surface area contributed by atoms with E-state index in [0.717, 1.165) is 34.7 Å². The normalized spacial score (nSPS) is 15.0. The Morgan fingerprint density at radius 1 is 1.15 bits per heavy atom. The Hall–Kier alpha value is -2.94. The van der Waals surface area contributed by atoms with Gasteiger partial charge in [0.1, 0.15) is 15.8 Å². The van der Waals surface area contributed by atoms with Gasteiger partial charge in [-0.05, 0) is 43.7 Å². The number of amides is 1. The molecule has 6 nitrogen and oxygen atoms in total. The zero-order chi connectivity index (χ0) is 23.2. The van der Waals surface area contributed by atoms with Crippen LogP contribution in [0.3, 0.4) is 0 Å². The molecule has 1 aliphatic heterocycles. The number of benzene rings is 2. The molecule has 0 spiro atoms. The molecule has 2 heterocycles. The molecular formula is C25H25N3O3S2. The zero-order valence-corrected chi connectivity index (χ0v) is 20.2. The van der Waals surface area contributed by atoms with E-state index in [-0.39, 0.29) is 5.91 Å². The third kappa shape index (κ3) is 5.35. The second kappa shape index (κ2) is 10.8. The number of methoxy groups -OCH3 is 1. The molecule has 0 radical (unpaired) electrons. The van der Waals surface area contributed by atoms with Crippen LogP contribution in [0.2, 0.25) is 0 Å². The number of thiocarbonyl (C=S) groups is 1. The van der Waals surface area contributed by atoms with Crippen LogP contribution in [0.15, 0.2) is 65.7 Å². The van der Waals surface area contributed by atoms with E-state index in [0.29, 0.717) is 29.0 Å². The molecule has 0 saturated carbocycles. The number of aromatic nitrogens is 2. The molecule has 1 amide bonds. The number of nitrogens with zero attached hydrogens (tertiary/aromatic N) is 3. The molecule has 0 bridgehead atoms. The molecular weight excluding hydrogens is 454 g/mol. The smallest absolute Gasteiger partial charge is 0.266 e. The molecule has 0 N–H and O–H groups in total. The maximum atomic E-state index is 13.0. The first-order chi connectivity index (χ1) is 16.1. The molecule has 1 fully saturated rings. The van der Waals surface area contributed by atoms with Crippen LogP contribution in [0.1, 0.15) is 18.9 Å². The quantitative estimate of drug-likeness (QED) is 0.240. The van der Waals surface area contributed by atoms with E-state index >= 15 is 0 Å². The first-order valence-corrected chi connectivity index (χ1v) is 12.0. The number of hydrogen-bond acceptors (Lipinski definition) is 6. The van der Waals surface area contributed by atoms with Crippen LogP contribution in [0.5, 0.6) is 5.75 Å². The molecule has 3 aromatic rings. The fourth-order valence-corrected chi connectivity index (χ4v) is 4.83. The minimum absolute atomic E-state index is 0.0809. The van der Waals surface area contributed by atoms with Crippen molar-refractivity contribution >= 4 is 40.3 Å². The van der Waals surface area contributed by atoms with Crippen LogP contribution in [-0.4, -0.2) is 51.8 Å². The van der Waals surface area contributed by atoms with Gasteiger partial charge in [0.2, 0.25) is 0 Å². The average molecular weight is 480 g/mol. The van der Waals surface area contributed by atoms with Crippen molar-refractivity contribution in [3.63, 3.8) is 0 Å². The van der Waals surface area contributed by atoms with Gasteiger partial charge >= 0.3 is 0 Å². The van der Waals surface area contributed by atoms with Crippen LogP contribution >= 0.6 is 24.0 Å². The van der Waals surface area contributed by atoms with E-state index in [1.165, 1.54) is 11.8 Å². The molecule has 8 heteroatoms. The van der Waals surface area contributed by atoms with Gasteiger partial charge in [-0.25, -0.2) is 4.68 Å². The highest BCUT2D eigenvalue weighted by Crippen LogP contribution is 2.35. The van der Waals surface area contributed by atoms with Gasteiger partial charge in [-0.15, -0.1) is 0 Å². The Morgan fingerprint density at radius 3 is 2.73 bits per heavy atom. The molecule has 0 unspecified atom stereocenters. The summed E-state index contributed by atoms with van der Waals surface area (Å²) in [7, 11) is 1.65. The standard InChI is InChI=1S/C25H25N3O3S2/c1-3-31-21-12-7-9-18(15-21)23-19(17-28(26-23)20-10-5-4-6-11-20)16-22-24(29)27(25(32)33-22)13-8-14-30-2/h4-7,9-12,15-17H,3,8,13-14H2,1-2H3/b22-16-. The summed E-state index contributed by atoms with van der Waals surface area (Å²) in [5.41, 5.74) is 3.46. The lowest BCUT2D eigenvalue weighted by atomic mass is 10.1. The fourth-order valence-electron chi connectivity index (χ4n) is 3.53. The van der Waals surface area contributed by atoms with E-state index in [9.17, 15) is 4.79 Å². The summed E-state index contributed by atoms with van der Waals surface area (Å²) in [6.45, 7) is 3.67. The third-order valence-corrected chi connectivity index (χ3v) is 6.45. The fraction of sp³-hybridized carbons (Fsp3) is 0.240. The highest BCUT2D eigenvalue weighted by Gasteiger charge is 2.32. The van der Waals surface area contributed by atoms with Gasteiger partial charge < -0.3 is 9.47 Å². The van der Waals surface area contributed by atoms with E-state index in [1.807, 2.05) is 78.5 Å². The van der Waals surface area contributed by atoms with E-state index in [4.69, 9.17) is 26.8 Å². The number of carbonyl (C=O) groups excluding carboxylic acids is 1. The Kier molecular flexibility index (Phi) is 7.59. The largest absolute Gasteiger partial charge is 0.494 e. The SMILES string of the molecule is CCOc1cccc(-c2nn(-c3ccccc3)cc2/C=C2\SC(=S)N(CCCOC)C2=O)c1. The van der Waals surface area contributed by atoms with Gasteiger partial charge in [-0.1, -0.05) is 54.3 Å². The van der Waals surface area contributed by atoms with Crippen molar-refractivity contribution in [2.45, 2.75) is 13.3 Å². The minimum Gasteiger partial charge on any atom is -0.494 e. The van der Waals surface area contributed by atoms with Gasteiger partial charge in [0.15, 0.2) is 0 Å². The van der Waals surface area contributed by atoms with Crippen molar-refractivity contribution in [1.82, 2.24) is 14.7 Å². The molecule has 2 aromatic carbocycles. The predicted octanol–water partition coefficient (Wildman–Crippen LogP) is 5.18. The minimum atomic E-state index is -0.0809. The maximum Gasteiger partial charge on any atom is 0.266 e. The van der Waals surface area contributed by atoms with Gasteiger partial charge in [-0.3, -0.25) is 9.69 Å². The summed E-state index contributed by atoms with van der Waals surface area (Å²) in [4.78, 5) is 15.3. The predicted molar refractivity (Wildman–Crippen MR) is 137 cm³/mol. The summed E-state index contributed by atoms with van der Waals surface area (Å²) in [6.07, 6.45) is 4.55. The first-order valence-electron chi connectivity index (χ1n) is 10.7. The zero-order valence-electron chi connectivity index (χ0n) is 18.6. The van der Waals surface area contributed by atoms with Gasteiger partial charge in [0.05, 0.1) is 17.2 Å². The van der Waals surface area contributed by atoms with E-state index in [2.05, 4.69) is 0 Å². The van der Waals surface area contributed by atoms with Gasteiger partial charge in [-0.2, -0.15) is 5.10 Å². The highest BCUT2D eigenvalue weighted by atomic mass is 32.2. The van der Waals surface area contributed by atoms with Crippen LogP contribution in [0.25, 0.3) is 23.0 Å². The van der Waals surface area contributed by atoms with Crippen molar-refractivity contribution in [1.29, 1.82) is 0 Å². The highest BCUT2D eigenvalue weighted by molar-refractivity contribution is 8.26. The monoisotopic (exact) mass is 479 g/mol. The summed E-state index contributed by atoms with van der Waals surface area (Å²) in [5.74, 6) is 0.697. The molecule has 1 aromatic heterocycles. The van der Waals surface area contributed by atoms with Crippen molar-refractivity contribution in [3.8, 4) is 22.7 Å². The molecule has 1 saturated heterocycles. The number of rotatable bonds is 9. The summed E-state index contributed by atoms with van der Waals surface area (Å²) in [6, 6.07) is 17.7. The Labute approximate surface area is 203 Å². The lowest BCUT2D eigenvalue weighted by molar-refractivity contribution is -0.122. The molecule has 1 aliphatic rings. The second-order valence-electron chi connectivity index (χ2n) is 7.35. The van der Waals surface area contributed by atoms with E-state index < -0.39 is 0 Å². The molecule has 4 rings (SSSR count). The number of carbonyl (C=O) groups is 1. The number of hydrogen-bond donors (Lipinski definition) is 0. The molecule has 0 atom stereocenters. The number of para-hydroxylation sites is 1. The molecule has 170 valence electrons. The Morgan fingerprint density at radius 2 is 1.97 bits per heavy atom. The topological polar surface area (TPSA) is 56.6 Å². The summed E-state index contributed by atoms with van der Waals surface area (Å²) >= 11 is 6.78. The summed E-state index contributed by atoms with van der Waals surface area (Å²) in [5, 5.41) is 4.85. The van der Waals surface area contributed by atoms with Gasteiger partial charge in [0.25, 0.3) is 5.91 Å². The second-order valence-corrected chi connectivity index (χ2v) is 9.03. The van der Waals surface area contributed by atoms with Crippen LogP contribution < -0.4 is 4.74 Å². The van der Waals surface area contributed by atoms with Crippen molar-refractivity contribution < 1.29 is 14.3 Å². The van der Waals surface area contributed by atoms with Crippen molar-refractivity contribution in [3.05, 3.63) is 71.3 Å². The van der Waals surface area contributed by atoms with Crippen molar-refractivity contribution in [2.24, 2.45) is 0 Å². The van der Waals surface area contributed by atoms with Crippen LogP contribution in [-0.2, 0) is 9.53 Å². The number of thioether (sulfide) groups is 1. The lowest BCUT2D eigenvalue weighted by Gasteiger charge is -2.13. The van der Waals surface area contributed by atoms with Crippen LogP contribution in [0.4, 0.5) is 0 Å². The summed E-state index contributed by atoms with van der Waals surface area (Å²) < 4.78 is 13.2. The average Bonchev–Trinajstić information content (AvgIpc) is 3.36. The number of ether oxygens (including phenoxy) is 2. The lowest BCUT2D eigenvalue weighted by Crippen LogP contribution is -2.29. The Bertz CT molecular complexity index is 1170. The van der Waals surface area contributed by atoms with E-state index in [1.54, 1.807) is 12.0 Å². The first kappa shape index (κ1) is 23.2. The van der Waals surface area contributed by atoms with Crippen LogP contribution in [0, 0.1) is 0 Å². The Balaban J connectivity index is 1.73. The van der Waals surface area contributed by atoms with Crippen molar-refractivity contribution in [2.75, 3.05) is 26.9 Å². The molecule has 0 aliphatic carbocycles. The van der Waals surface area contributed by atoms with Gasteiger partial charge in [0, 0.05) is 37.6 Å².